The van der Waals surface area contributed by atoms with Gasteiger partial charge in [-0.05, 0) is 35.0 Å². The summed E-state index contributed by atoms with van der Waals surface area (Å²) in [6, 6.07) is 5.05. The molecule has 0 unspecified atom stereocenters. The lowest BCUT2D eigenvalue weighted by molar-refractivity contribution is -0.678. The van der Waals surface area contributed by atoms with Crippen LogP contribution in [-0.4, -0.2) is 11.9 Å². The molecule has 0 aliphatic carbocycles. The minimum Gasteiger partial charge on any atom is -0.287 e. The Morgan fingerprint density at radius 1 is 0.387 bits per heavy atom. The van der Waals surface area contributed by atoms with Gasteiger partial charge in [0, 0.05) is 5.56 Å². The lowest BCUT2D eigenvalue weighted by Gasteiger charge is -2.46. The lowest BCUT2D eigenvalue weighted by atomic mass is 9.12. The Kier molecular flexibility index (Phi) is 15.2. The van der Waals surface area contributed by atoms with Crippen LogP contribution in [0.2, 0.25) is 0 Å². The van der Waals surface area contributed by atoms with E-state index >= 15 is 0 Å². The number of hydrogen-bond acceptors (Lipinski definition) is 2. The normalized spacial score (nSPS) is 13.4. The van der Waals surface area contributed by atoms with Crippen LogP contribution in [0.25, 0.3) is 10.8 Å². The van der Waals surface area contributed by atoms with E-state index in [1.165, 1.54) is 0 Å². The molecule has 0 spiro atoms. The van der Waals surface area contributed by atoms with Crippen LogP contribution in [-0.2, 0) is 56.0 Å². The number of fused-ring (bicyclic) bond motifs is 1. The highest BCUT2D eigenvalue weighted by Crippen LogP contribution is 2.41. The quantitative estimate of drug-likeness (QED) is 0.0674. The highest BCUT2D eigenvalue weighted by Gasteiger charge is 2.47. The SMILES string of the molecule is FC(F)(F)c1cc([B-](c2cc(C(F)(F)F)cc(C(F)(F)F)c2)(c2cc(C(F)(F)F)cc(C(F)(F)F)c2)c2cc(C(F)(F)F)cc(C(F)(F)F)c2)cc(C(F)(F)F)c1.O=C(C[n+]1ccsc1)c1cccc2ccccc12. The first-order valence-corrected chi connectivity index (χ1v) is 21.3. The van der Waals surface area contributed by atoms with Crippen molar-refractivity contribution < 1.29 is 115 Å². The summed E-state index contributed by atoms with van der Waals surface area (Å²) in [7, 11) is 0. The highest BCUT2D eigenvalue weighted by atomic mass is 32.1. The number of benzene rings is 6. The molecule has 0 amide bonds. The average Bonchev–Trinajstić information content (AvgIpc) is 3.80. The predicted molar refractivity (Wildman–Crippen MR) is 223 cm³/mol. The van der Waals surface area contributed by atoms with E-state index in [1.54, 1.807) is 11.3 Å². The Morgan fingerprint density at radius 2 is 0.667 bits per heavy atom. The van der Waals surface area contributed by atoms with Crippen LogP contribution in [0, 0.1) is 0 Å². The van der Waals surface area contributed by atoms with Gasteiger partial charge < -0.3 is 0 Å². The number of nitrogens with zero attached hydrogens (tertiary/aromatic N) is 1. The van der Waals surface area contributed by atoms with E-state index in [9.17, 15) is 110 Å². The van der Waals surface area contributed by atoms with Crippen LogP contribution in [0.5, 0.6) is 0 Å². The van der Waals surface area contributed by atoms with Gasteiger partial charge >= 0.3 is 49.4 Å². The van der Waals surface area contributed by atoms with Crippen molar-refractivity contribution in [1.29, 1.82) is 0 Å². The molecule has 75 heavy (non-hydrogen) atoms. The molecule has 0 bridgehead atoms. The Morgan fingerprint density at radius 3 is 0.933 bits per heavy atom. The van der Waals surface area contributed by atoms with Crippen LogP contribution >= 0.6 is 11.3 Å². The molecule has 28 heteroatoms. The predicted octanol–water partition coefficient (Wildman–Crippen LogP) is 14.3. The maximum absolute atomic E-state index is 14.2. The van der Waals surface area contributed by atoms with Gasteiger partial charge in [0.1, 0.15) is 6.15 Å². The molecule has 0 atom stereocenters. The largest absolute Gasteiger partial charge is 0.416 e. The second kappa shape index (κ2) is 19.8. The maximum atomic E-state index is 14.2. The van der Waals surface area contributed by atoms with Crippen molar-refractivity contribution in [3.63, 3.8) is 0 Å². The molecular weight excluding hydrogens is 1090 g/mol. The molecule has 2 nitrogen and oxygen atoms in total. The van der Waals surface area contributed by atoms with Crippen molar-refractivity contribution in [2.45, 2.75) is 56.0 Å². The molecule has 1 heterocycles. The van der Waals surface area contributed by atoms with E-state index in [0.29, 0.717) is 6.54 Å². The number of carbonyl (C=O) groups is 1. The molecule has 0 aliphatic heterocycles. The third-order valence-corrected chi connectivity index (χ3v) is 12.1. The number of carbonyl (C=O) groups excluding carboxylic acids is 1. The fourth-order valence-corrected chi connectivity index (χ4v) is 8.74. The van der Waals surface area contributed by atoms with Gasteiger partial charge in [-0.1, -0.05) is 102 Å². The molecular formula is C47H24BF24NOS. The molecule has 400 valence electrons. The highest BCUT2D eigenvalue weighted by molar-refractivity contribution is 7.20. The zero-order valence-electron chi connectivity index (χ0n) is 36.3. The van der Waals surface area contributed by atoms with Crippen molar-refractivity contribution in [3.8, 4) is 0 Å². The summed E-state index contributed by atoms with van der Waals surface area (Å²) in [4.78, 5) is 12.3. The number of hydrogen-bond donors (Lipinski definition) is 0. The van der Waals surface area contributed by atoms with Crippen LogP contribution < -0.4 is 26.4 Å². The van der Waals surface area contributed by atoms with Gasteiger partial charge in [-0.15, -0.1) is 0 Å². The van der Waals surface area contributed by atoms with Gasteiger partial charge in [0.2, 0.25) is 17.8 Å². The molecule has 0 saturated heterocycles. The van der Waals surface area contributed by atoms with E-state index in [0.717, 1.165) is 16.3 Å². The molecule has 7 rings (SSSR count). The van der Waals surface area contributed by atoms with Crippen LogP contribution in [0.3, 0.4) is 0 Å². The molecule has 0 aliphatic rings. The maximum Gasteiger partial charge on any atom is 0.416 e. The van der Waals surface area contributed by atoms with Gasteiger partial charge in [-0.3, -0.25) is 4.79 Å². The van der Waals surface area contributed by atoms with E-state index in [1.807, 2.05) is 64.1 Å². The number of aromatic nitrogens is 1. The average molecular weight is 1120 g/mol. The van der Waals surface area contributed by atoms with Gasteiger partial charge in [-0.25, -0.2) is 0 Å². The summed E-state index contributed by atoms with van der Waals surface area (Å²) in [5, 5.41) is 4.11. The fraction of sp³-hybridized carbons (Fsp3) is 0.191. The summed E-state index contributed by atoms with van der Waals surface area (Å²) < 4.78 is 343. The number of ketones is 1. The van der Waals surface area contributed by atoms with Gasteiger partial charge in [0.25, 0.3) is 0 Å². The van der Waals surface area contributed by atoms with Gasteiger partial charge in [0.05, 0.1) is 49.9 Å². The van der Waals surface area contributed by atoms with Crippen molar-refractivity contribution in [2.75, 3.05) is 0 Å². The smallest absolute Gasteiger partial charge is 0.287 e. The van der Waals surface area contributed by atoms with Crippen LogP contribution in [0.1, 0.15) is 54.9 Å². The first-order chi connectivity index (χ1) is 34.1. The topological polar surface area (TPSA) is 20.9 Å². The van der Waals surface area contributed by atoms with Crippen molar-refractivity contribution in [3.05, 3.63) is 182 Å². The molecule has 1 aromatic heterocycles. The molecule has 7 aromatic rings. The van der Waals surface area contributed by atoms with Crippen LogP contribution in [0.4, 0.5) is 105 Å². The van der Waals surface area contributed by atoms with Crippen molar-refractivity contribution in [2.24, 2.45) is 0 Å². The second-order valence-corrected chi connectivity index (χ2v) is 17.1. The van der Waals surface area contributed by atoms with Gasteiger partial charge in [0.15, 0.2) is 6.20 Å². The number of halogens is 24. The first-order valence-electron chi connectivity index (χ1n) is 20.4. The standard InChI is InChI=1S/C32H12BF24.C15H12NOS/c34-25(35,36)13-1-14(26(37,38)39)6-21(5-13)33(22-7-15(27(40,41)42)2-16(8-22)28(43,44)45,23-9-17(29(46,47)48)3-18(10-23)30(49,50)51)24-11-19(31(52,53)54)4-20(12-24)32(55,56)57;17-15(10-16-8-9-18-11-16)14-7-3-5-12-4-1-2-6-13(12)14/h1-12H;1-9,11H,10H2/q-1;+1. The Labute approximate surface area is 408 Å². The summed E-state index contributed by atoms with van der Waals surface area (Å²) >= 11 is 1.59. The third kappa shape index (κ3) is 12.9. The summed E-state index contributed by atoms with van der Waals surface area (Å²) in [6.07, 6.45) is -52.9. The molecule has 6 aromatic carbocycles. The first kappa shape index (κ1) is 57.5. The number of rotatable bonds is 7. The Balaban J connectivity index is 0.000000421. The van der Waals surface area contributed by atoms with E-state index < -0.39 is 195 Å². The molecule has 0 fully saturated rings. The monoisotopic (exact) mass is 1120 g/mol. The van der Waals surface area contributed by atoms with Crippen LogP contribution in [0.15, 0.2) is 132 Å². The number of alkyl halides is 24. The minimum atomic E-state index is -6.13. The summed E-state index contributed by atoms with van der Waals surface area (Å²) in [5.74, 6) is 0.148. The van der Waals surface area contributed by atoms with Crippen molar-refractivity contribution >= 4 is 55.9 Å². The Bertz CT molecular complexity index is 2770. The lowest BCUT2D eigenvalue weighted by Crippen LogP contribution is -2.75. The summed E-state index contributed by atoms with van der Waals surface area (Å²) in [5.41, 5.74) is -27.5. The molecule has 0 N–H and O–H groups in total. The molecule has 0 saturated carbocycles. The fourth-order valence-electron chi connectivity index (χ4n) is 8.14. The summed E-state index contributed by atoms with van der Waals surface area (Å²) in [6.45, 7) is 0.400. The molecule has 0 radical (unpaired) electrons. The van der Waals surface area contributed by atoms with E-state index in [2.05, 4.69) is 0 Å². The number of Topliss-reactive ketones (excluding diaryl/α,β-unsaturated/α-hetero) is 1. The third-order valence-electron chi connectivity index (χ3n) is 11.4. The van der Waals surface area contributed by atoms with E-state index in [-0.39, 0.29) is 5.78 Å². The number of thiazole rings is 1. The minimum absolute atomic E-state index is 0.148. The zero-order valence-corrected chi connectivity index (χ0v) is 37.1. The second-order valence-electron chi connectivity index (χ2n) is 16.4. The zero-order chi connectivity index (χ0) is 56.3. The Hall–Kier alpha value is -6.74. The van der Waals surface area contributed by atoms with E-state index in [4.69, 9.17) is 0 Å². The van der Waals surface area contributed by atoms with Crippen molar-refractivity contribution in [1.82, 2.24) is 0 Å². The van der Waals surface area contributed by atoms with Gasteiger partial charge in [-0.2, -0.15) is 132 Å².